The number of rotatable bonds is 21. The molecule has 0 saturated carbocycles. The predicted molar refractivity (Wildman–Crippen MR) is 255 cm³/mol. The lowest BCUT2D eigenvalue weighted by Crippen LogP contribution is -2.43. The number of ether oxygens (including phenoxy) is 8. The van der Waals surface area contributed by atoms with Crippen LogP contribution >= 0.6 is 34.4 Å². The highest BCUT2D eigenvalue weighted by molar-refractivity contribution is 8.12. The van der Waals surface area contributed by atoms with E-state index in [1.165, 1.54) is 27.6 Å². The molecule has 0 spiro atoms. The van der Waals surface area contributed by atoms with E-state index >= 15 is 0 Å². The summed E-state index contributed by atoms with van der Waals surface area (Å²) in [5, 5.41) is 2.75. The number of thioether (sulfide) groups is 1. The number of imide groups is 1. The van der Waals surface area contributed by atoms with Crippen molar-refractivity contribution in [1.82, 2.24) is 4.90 Å². The van der Waals surface area contributed by atoms with Crippen LogP contribution in [0, 0.1) is 52.1 Å². The molecule has 3 aliphatic rings. The van der Waals surface area contributed by atoms with Crippen molar-refractivity contribution in [3.8, 4) is 32.9 Å². The lowest BCUT2D eigenvalue weighted by Gasteiger charge is -2.31. The topological polar surface area (TPSA) is 111 Å². The highest BCUT2D eigenvalue weighted by Gasteiger charge is 2.47. The molecule has 0 atom stereocenters. The summed E-state index contributed by atoms with van der Waals surface area (Å²) in [5.41, 5.74) is -0.862. The van der Waals surface area contributed by atoms with Crippen LogP contribution in [-0.2, 0) is 33.8 Å². The van der Waals surface area contributed by atoms with Crippen molar-refractivity contribution in [2.75, 3.05) is 92.4 Å². The average molecular weight is 932 g/mol. The zero-order chi connectivity index (χ0) is 46.3. The molecule has 14 heteroatoms. The molecule has 0 aliphatic carbocycles. The molecule has 3 aliphatic heterocycles. The predicted octanol–water partition coefficient (Wildman–Crippen LogP) is 10.5. The molecule has 11 nitrogen and oxygen atoms in total. The van der Waals surface area contributed by atoms with E-state index in [2.05, 4.69) is 81.4 Å². The Morgan fingerprint density at radius 1 is 0.683 bits per heavy atom. The van der Waals surface area contributed by atoms with Crippen molar-refractivity contribution in [3.05, 3.63) is 26.6 Å². The van der Waals surface area contributed by atoms with Gasteiger partial charge in [0.15, 0.2) is 11.5 Å². The Morgan fingerprint density at radius 3 is 1.63 bits per heavy atom. The molecule has 0 N–H and O–H groups in total. The van der Waals surface area contributed by atoms with Gasteiger partial charge in [0.05, 0.1) is 79.4 Å². The average Bonchev–Trinajstić information content (AvgIpc) is 3.71. The van der Waals surface area contributed by atoms with Crippen molar-refractivity contribution in [1.29, 1.82) is 0 Å². The third-order valence-electron chi connectivity index (χ3n) is 10.4. The summed E-state index contributed by atoms with van der Waals surface area (Å²) in [6, 6.07) is 0. The molecule has 5 heterocycles. The minimum atomic E-state index is -0.595. The molecule has 0 bridgehead atoms. The van der Waals surface area contributed by atoms with E-state index in [0.717, 1.165) is 21.5 Å². The standard InChI is InChI=1S/C49H73NO10S3/c1-15-61-40(35-21-57-24-48(27-58-35,22-53-17-31(4)5)23-54-18-32(6)7)41-36-37(46(52)50(45(36)51)16-30(2)3)42(62-41)43-38-39(44(63-43)47(12,13)14)60-29-49(28-59-38,25-55-19-33(8)9)26-56-20-34(10)11/h1,30-34H,16-29H2,2-14H3/b40-35+. The van der Waals surface area contributed by atoms with Gasteiger partial charge in [-0.1, -0.05) is 90.0 Å². The summed E-state index contributed by atoms with van der Waals surface area (Å²) < 4.78 is 51.8. The first-order valence-corrected chi connectivity index (χ1v) is 25.0. The highest BCUT2D eigenvalue weighted by atomic mass is 32.2. The summed E-state index contributed by atoms with van der Waals surface area (Å²) in [4.78, 5) is 34.2. The van der Waals surface area contributed by atoms with E-state index in [0.29, 0.717) is 133 Å². The van der Waals surface area contributed by atoms with E-state index < -0.39 is 10.8 Å². The van der Waals surface area contributed by atoms with Crippen molar-refractivity contribution >= 4 is 51.2 Å². The molecule has 0 radical (unpaired) electrons. The number of carbonyl (C=O) groups is 2. The van der Waals surface area contributed by atoms with Crippen molar-refractivity contribution in [2.45, 2.75) is 95.4 Å². The molecule has 0 aromatic carbocycles. The molecule has 2 aromatic heterocycles. The first-order valence-electron chi connectivity index (χ1n) is 22.5. The fourth-order valence-electron chi connectivity index (χ4n) is 7.42. The van der Waals surface area contributed by atoms with Crippen molar-refractivity contribution in [3.63, 3.8) is 0 Å². The van der Waals surface area contributed by atoms with Gasteiger partial charge in [0.1, 0.15) is 32.2 Å². The van der Waals surface area contributed by atoms with Crippen LogP contribution in [0.2, 0.25) is 0 Å². The molecule has 2 aromatic rings. The Labute approximate surface area is 389 Å². The summed E-state index contributed by atoms with van der Waals surface area (Å²) in [7, 11) is 0. The minimum absolute atomic E-state index is 0.0455. The van der Waals surface area contributed by atoms with Gasteiger partial charge in [0.2, 0.25) is 0 Å². The van der Waals surface area contributed by atoms with Crippen LogP contribution in [0.25, 0.3) is 14.7 Å². The molecular formula is C49H73NO10S3. The second-order valence-corrected chi connectivity index (χ2v) is 23.6. The molecular weight excluding hydrogens is 859 g/mol. The Balaban J connectivity index is 1.64. The zero-order valence-electron chi connectivity index (χ0n) is 40.1. The van der Waals surface area contributed by atoms with E-state index in [1.54, 1.807) is 0 Å². The lowest BCUT2D eigenvalue weighted by molar-refractivity contribution is -0.0816. The Bertz CT molecular complexity index is 1920. The van der Waals surface area contributed by atoms with Crippen LogP contribution in [0.15, 0.2) is 5.76 Å². The quantitative estimate of drug-likeness (QED) is 0.0881. The van der Waals surface area contributed by atoms with Crippen molar-refractivity contribution in [2.24, 2.45) is 40.4 Å². The Morgan fingerprint density at radius 2 is 1.16 bits per heavy atom. The van der Waals surface area contributed by atoms with Gasteiger partial charge < -0.3 is 37.9 Å². The maximum atomic E-state index is 14.7. The van der Waals surface area contributed by atoms with E-state index in [1.807, 2.05) is 13.8 Å². The molecule has 1 saturated heterocycles. The van der Waals surface area contributed by atoms with Gasteiger partial charge in [-0.2, -0.15) is 0 Å². The van der Waals surface area contributed by atoms with Crippen LogP contribution in [-0.4, -0.2) is 109 Å². The van der Waals surface area contributed by atoms with Gasteiger partial charge >= 0.3 is 0 Å². The second-order valence-electron chi connectivity index (χ2n) is 20.8. The fourth-order valence-corrected chi connectivity index (χ4v) is 10.8. The number of hydrogen-bond donors (Lipinski definition) is 0. The maximum absolute atomic E-state index is 14.7. The van der Waals surface area contributed by atoms with Gasteiger partial charge in [0, 0.05) is 38.4 Å². The van der Waals surface area contributed by atoms with Gasteiger partial charge in [-0.3, -0.25) is 14.5 Å². The third-order valence-corrected chi connectivity index (χ3v) is 14.2. The molecule has 5 rings (SSSR count). The summed E-state index contributed by atoms with van der Waals surface area (Å²) in [5.74, 6) is 2.47. The van der Waals surface area contributed by atoms with Crippen LogP contribution < -0.4 is 9.47 Å². The SMILES string of the molecule is C#CS/C(=C1\COCC(COCC(C)C)(COCC(C)C)CO1)c1sc(-c2sc(C(C)(C)C)c3c2OCC(COCC(C)C)(COCC(C)C)CO3)c2c1C(=O)N(CC(C)C)C2=O. The minimum Gasteiger partial charge on any atom is -0.493 e. The number of thiophene rings is 2. The molecule has 1 fully saturated rings. The highest BCUT2D eigenvalue weighted by Crippen LogP contribution is 2.58. The summed E-state index contributed by atoms with van der Waals surface area (Å²) in [6.45, 7) is 32.9. The van der Waals surface area contributed by atoms with Gasteiger partial charge in [0.25, 0.3) is 11.8 Å². The normalized spacial score (nSPS) is 18.4. The number of nitrogens with zero attached hydrogens (tertiary/aromatic N) is 1. The third kappa shape index (κ3) is 12.8. The Kier molecular flexibility index (Phi) is 18.1. The number of fused-ring (bicyclic) bond motifs is 2. The summed E-state index contributed by atoms with van der Waals surface area (Å²) in [6.07, 6.45) is 6.09. The van der Waals surface area contributed by atoms with Crippen LogP contribution in [0.5, 0.6) is 11.5 Å². The first-order chi connectivity index (χ1) is 29.7. The number of carbonyl (C=O) groups excluding carboxylic acids is 2. The molecule has 2 amide bonds. The van der Waals surface area contributed by atoms with Gasteiger partial charge in [-0.15, -0.1) is 29.1 Å². The van der Waals surface area contributed by atoms with Crippen LogP contribution in [0.1, 0.15) is 120 Å². The number of terminal acetylenes is 1. The number of amides is 2. The molecule has 63 heavy (non-hydrogen) atoms. The van der Waals surface area contributed by atoms with E-state index in [-0.39, 0.29) is 49.5 Å². The molecule has 0 unspecified atom stereocenters. The first kappa shape index (κ1) is 51.4. The second kappa shape index (κ2) is 22.3. The van der Waals surface area contributed by atoms with Crippen LogP contribution in [0.3, 0.4) is 0 Å². The summed E-state index contributed by atoms with van der Waals surface area (Å²) >= 11 is 4.03. The lowest BCUT2D eigenvalue weighted by atomic mass is 9.92. The van der Waals surface area contributed by atoms with Gasteiger partial charge in [-0.05, 0) is 46.6 Å². The Hall–Kier alpha value is -2.61. The van der Waals surface area contributed by atoms with Crippen LogP contribution in [0.4, 0.5) is 0 Å². The largest absolute Gasteiger partial charge is 0.493 e. The van der Waals surface area contributed by atoms with E-state index in [9.17, 15) is 9.59 Å². The fraction of sp³-hybridized carbons (Fsp3) is 0.714. The van der Waals surface area contributed by atoms with Gasteiger partial charge in [-0.25, -0.2) is 0 Å². The monoisotopic (exact) mass is 931 g/mol. The number of hydrogen-bond acceptors (Lipinski definition) is 13. The zero-order valence-corrected chi connectivity index (χ0v) is 42.6. The molecule has 352 valence electrons. The maximum Gasteiger partial charge on any atom is 0.263 e. The smallest absolute Gasteiger partial charge is 0.263 e. The van der Waals surface area contributed by atoms with Crippen molar-refractivity contribution < 1.29 is 47.5 Å². The van der Waals surface area contributed by atoms with E-state index in [4.69, 9.17) is 44.3 Å².